The quantitative estimate of drug-likeness (QED) is 0.702. The molecule has 0 saturated carbocycles. The Morgan fingerprint density at radius 3 is 2.94 bits per heavy atom. The van der Waals surface area contributed by atoms with E-state index >= 15 is 0 Å². The normalized spacial score (nSPS) is 28.8. The van der Waals surface area contributed by atoms with Crippen molar-refractivity contribution in [2.24, 2.45) is 5.92 Å². The predicted octanol–water partition coefficient (Wildman–Crippen LogP) is 3.88. The van der Waals surface area contributed by atoms with Gasteiger partial charge in [-0.25, -0.2) is 0 Å². The van der Waals surface area contributed by atoms with Crippen LogP contribution in [0.25, 0.3) is 0 Å². The van der Waals surface area contributed by atoms with Gasteiger partial charge in [0.1, 0.15) is 0 Å². The fourth-order valence-electron chi connectivity index (χ4n) is 2.70. The van der Waals surface area contributed by atoms with Gasteiger partial charge in [-0.3, -0.25) is 0 Å². The third kappa shape index (κ3) is 1.82. The maximum Gasteiger partial charge on any atom is 0.0623 e. The van der Waals surface area contributed by atoms with Crippen LogP contribution in [-0.4, -0.2) is 10.9 Å². The van der Waals surface area contributed by atoms with Gasteiger partial charge in [-0.2, -0.15) is 0 Å². The predicted molar refractivity (Wildman–Crippen MR) is 76.7 cm³/mol. The van der Waals surface area contributed by atoms with Gasteiger partial charge in [0, 0.05) is 17.8 Å². The molecule has 0 radical (unpaired) electrons. The van der Waals surface area contributed by atoms with Crippen LogP contribution in [0, 0.1) is 5.92 Å². The number of hydrogen-bond acceptors (Lipinski definition) is 1. The average Bonchev–Trinajstić information content (AvgIpc) is 2.60. The number of fused-ring (bicyclic) bond motifs is 1. The Balaban J connectivity index is 1.95. The summed E-state index contributed by atoms with van der Waals surface area (Å²) in [6, 6.07) is 0.400. The molecule has 1 heteroatoms. The largest absolute Gasteiger partial charge is 0.340 e. The van der Waals surface area contributed by atoms with E-state index in [9.17, 15) is 0 Å². The Labute approximate surface area is 108 Å². The minimum absolute atomic E-state index is 0.400. The molecular weight excluding hydrogens is 218 g/mol. The topological polar surface area (TPSA) is 3.24 Å². The summed E-state index contributed by atoms with van der Waals surface area (Å²) in [7, 11) is 0. The minimum atomic E-state index is 0.400. The van der Waals surface area contributed by atoms with Crippen molar-refractivity contribution in [3.63, 3.8) is 0 Å². The summed E-state index contributed by atoms with van der Waals surface area (Å²) in [4.78, 5) is 2.35. The first-order valence-electron chi connectivity index (χ1n) is 6.41. The van der Waals surface area contributed by atoms with Crippen LogP contribution in [0.4, 0.5) is 0 Å². The van der Waals surface area contributed by atoms with Crippen LogP contribution in [-0.2, 0) is 0 Å². The lowest BCUT2D eigenvalue weighted by atomic mass is 9.91. The number of nitrogens with zero attached hydrogens (tertiary/aromatic N) is 1. The first kappa shape index (κ1) is 11.1. The molecule has 0 amide bonds. The highest BCUT2D eigenvalue weighted by molar-refractivity contribution is 5.41. The number of hydrogen-bond donors (Lipinski definition) is 0. The van der Waals surface area contributed by atoms with E-state index in [1.54, 1.807) is 0 Å². The molecule has 0 N–H and O–H groups in total. The summed E-state index contributed by atoms with van der Waals surface area (Å²) in [6.07, 6.45) is 24.8. The molecule has 0 bridgehead atoms. The molecule has 0 aromatic carbocycles. The Morgan fingerprint density at radius 1 is 1.17 bits per heavy atom. The first-order chi connectivity index (χ1) is 8.90. The van der Waals surface area contributed by atoms with Crippen molar-refractivity contribution in [3.8, 4) is 0 Å². The minimum Gasteiger partial charge on any atom is -0.340 e. The third-order valence-corrected chi connectivity index (χ3v) is 3.61. The van der Waals surface area contributed by atoms with Gasteiger partial charge in [-0.05, 0) is 18.1 Å². The lowest BCUT2D eigenvalue weighted by Crippen LogP contribution is -2.29. The van der Waals surface area contributed by atoms with Crippen LogP contribution < -0.4 is 0 Å². The maximum atomic E-state index is 3.93. The molecule has 1 unspecified atom stereocenters. The number of rotatable bonds is 2. The van der Waals surface area contributed by atoms with Crippen LogP contribution >= 0.6 is 0 Å². The van der Waals surface area contributed by atoms with E-state index in [2.05, 4.69) is 72.4 Å². The van der Waals surface area contributed by atoms with Crippen LogP contribution in [0.5, 0.6) is 0 Å². The Morgan fingerprint density at radius 2 is 2.06 bits per heavy atom. The summed E-state index contributed by atoms with van der Waals surface area (Å²) in [6.45, 7) is 3.93. The van der Waals surface area contributed by atoms with Crippen molar-refractivity contribution >= 4 is 0 Å². The summed E-state index contributed by atoms with van der Waals surface area (Å²) in [5, 5.41) is 0. The van der Waals surface area contributed by atoms with E-state index in [-0.39, 0.29) is 0 Å². The van der Waals surface area contributed by atoms with Crippen molar-refractivity contribution in [3.05, 3.63) is 84.8 Å². The van der Waals surface area contributed by atoms with E-state index in [1.807, 2.05) is 6.08 Å². The molecule has 3 rings (SSSR count). The van der Waals surface area contributed by atoms with Gasteiger partial charge in [0.25, 0.3) is 0 Å². The Bertz CT molecular complexity index is 526. The standard InChI is InChI=1S/C17H17N/c1-2-14-13-18(15-9-5-3-4-6-10-15)17-12-8-7-11-16(14)17/h2-5,7-13,16-17H,1,6H2/t16?,17-/m1/s1. The van der Waals surface area contributed by atoms with E-state index in [0.717, 1.165) is 6.42 Å². The lowest BCUT2D eigenvalue weighted by molar-refractivity contribution is 0.396. The van der Waals surface area contributed by atoms with Crippen molar-refractivity contribution < 1.29 is 0 Å². The fourth-order valence-corrected chi connectivity index (χ4v) is 2.70. The van der Waals surface area contributed by atoms with Crippen LogP contribution in [0.2, 0.25) is 0 Å². The highest BCUT2D eigenvalue weighted by Gasteiger charge is 2.32. The summed E-state index contributed by atoms with van der Waals surface area (Å²) in [5.74, 6) is 0.443. The van der Waals surface area contributed by atoms with Crippen LogP contribution in [0.15, 0.2) is 84.8 Å². The van der Waals surface area contributed by atoms with Gasteiger partial charge < -0.3 is 4.90 Å². The molecule has 1 nitrogen and oxygen atoms in total. The highest BCUT2D eigenvalue weighted by atomic mass is 15.2. The summed E-state index contributed by atoms with van der Waals surface area (Å²) >= 11 is 0. The fraction of sp³-hybridized carbons (Fsp3) is 0.176. The molecule has 1 heterocycles. The molecule has 0 saturated heterocycles. The van der Waals surface area contributed by atoms with Crippen LogP contribution in [0.1, 0.15) is 6.42 Å². The average molecular weight is 235 g/mol. The van der Waals surface area contributed by atoms with Gasteiger partial charge >= 0.3 is 0 Å². The second-order valence-corrected chi connectivity index (χ2v) is 4.68. The van der Waals surface area contributed by atoms with Gasteiger partial charge in [0.2, 0.25) is 0 Å². The number of allylic oxidation sites excluding steroid dienone is 8. The van der Waals surface area contributed by atoms with Gasteiger partial charge in [0.15, 0.2) is 0 Å². The summed E-state index contributed by atoms with van der Waals surface area (Å²) in [5.41, 5.74) is 2.57. The molecule has 2 atom stereocenters. The molecule has 0 aromatic heterocycles. The second kappa shape index (κ2) is 4.69. The van der Waals surface area contributed by atoms with E-state index in [1.165, 1.54) is 11.3 Å². The second-order valence-electron chi connectivity index (χ2n) is 4.68. The van der Waals surface area contributed by atoms with Gasteiger partial charge in [-0.1, -0.05) is 61.3 Å². The zero-order chi connectivity index (χ0) is 12.4. The molecule has 0 spiro atoms. The molecule has 2 aliphatic carbocycles. The van der Waals surface area contributed by atoms with Gasteiger partial charge in [0.05, 0.1) is 6.04 Å². The molecule has 90 valence electrons. The summed E-state index contributed by atoms with van der Waals surface area (Å²) < 4.78 is 0. The zero-order valence-electron chi connectivity index (χ0n) is 10.4. The van der Waals surface area contributed by atoms with E-state index in [4.69, 9.17) is 0 Å². The molecule has 3 aliphatic rings. The lowest BCUT2D eigenvalue weighted by Gasteiger charge is -2.28. The molecule has 0 fully saturated rings. The highest BCUT2D eigenvalue weighted by Crippen LogP contribution is 2.36. The monoisotopic (exact) mass is 235 g/mol. The van der Waals surface area contributed by atoms with Crippen molar-refractivity contribution in [1.29, 1.82) is 0 Å². The molecule has 18 heavy (non-hydrogen) atoms. The third-order valence-electron chi connectivity index (χ3n) is 3.61. The smallest absolute Gasteiger partial charge is 0.0623 e. The SMILES string of the molecule is C=CC1=CN(C2=CCC=CC=C2)[C@@H]2C=CC=CC12. The Kier molecular flexibility index (Phi) is 2.89. The van der Waals surface area contributed by atoms with Crippen molar-refractivity contribution in [2.45, 2.75) is 12.5 Å². The molecule has 0 aromatic rings. The Hall–Kier alpha value is -2.02. The van der Waals surface area contributed by atoms with Crippen molar-refractivity contribution in [1.82, 2.24) is 4.90 Å². The van der Waals surface area contributed by atoms with E-state index in [0.29, 0.717) is 12.0 Å². The zero-order valence-corrected chi connectivity index (χ0v) is 10.4. The van der Waals surface area contributed by atoms with Crippen molar-refractivity contribution in [2.75, 3.05) is 0 Å². The molecular formula is C17H17N. The van der Waals surface area contributed by atoms with Gasteiger partial charge in [-0.15, -0.1) is 0 Å². The van der Waals surface area contributed by atoms with Crippen LogP contribution in [0.3, 0.4) is 0 Å². The van der Waals surface area contributed by atoms with E-state index < -0.39 is 0 Å². The maximum absolute atomic E-state index is 3.93. The molecule has 1 aliphatic heterocycles. The first-order valence-corrected chi connectivity index (χ1v) is 6.41.